The topological polar surface area (TPSA) is 39.7 Å². The van der Waals surface area contributed by atoms with Gasteiger partial charge in [-0.25, -0.2) is 0 Å². The monoisotopic (exact) mass is 238 g/mol. The molecule has 0 aromatic carbocycles. The lowest BCUT2D eigenvalue weighted by Crippen LogP contribution is -2.44. The van der Waals surface area contributed by atoms with E-state index in [1.54, 1.807) is 0 Å². The molecule has 0 radical (unpaired) electrons. The van der Waals surface area contributed by atoms with Crippen LogP contribution in [0.3, 0.4) is 0 Å². The molecule has 0 amide bonds. The molecular weight excluding hydrogens is 212 g/mol. The van der Waals surface area contributed by atoms with E-state index in [0.29, 0.717) is 6.04 Å². The van der Waals surface area contributed by atoms with E-state index in [2.05, 4.69) is 27.6 Å². The minimum absolute atomic E-state index is 0.646. The van der Waals surface area contributed by atoms with Crippen molar-refractivity contribution in [2.24, 2.45) is 10.9 Å². The second-order valence-corrected chi connectivity index (χ2v) is 5.50. The van der Waals surface area contributed by atoms with E-state index in [0.717, 1.165) is 18.4 Å². The molecule has 1 aliphatic heterocycles. The fraction of sp³-hybridized carbons (Fsp3) is 0.923. The molecule has 1 saturated carbocycles. The molecule has 2 N–H and O–H groups in total. The van der Waals surface area contributed by atoms with Gasteiger partial charge in [0.1, 0.15) is 0 Å². The first-order valence-electron chi connectivity index (χ1n) is 6.93. The van der Waals surface area contributed by atoms with Gasteiger partial charge in [0.25, 0.3) is 0 Å². The van der Waals surface area contributed by atoms with E-state index in [4.69, 9.17) is 0 Å². The molecule has 0 spiro atoms. The number of nitrogens with zero attached hydrogens (tertiary/aromatic N) is 2. The van der Waals surface area contributed by atoms with Crippen molar-refractivity contribution in [2.45, 2.75) is 38.1 Å². The van der Waals surface area contributed by atoms with E-state index in [9.17, 15) is 0 Å². The molecule has 2 rings (SSSR count). The Bertz CT molecular complexity index is 258. The molecule has 1 aliphatic carbocycles. The summed E-state index contributed by atoms with van der Waals surface area (Å²) >= 11 is 0. The van der Waals surface area contributed by atoms with Gasteiger partial charge in [0.15, 0.2) is 5.96 Å². The second-order valence-electron chi connectivity index (χ2n) is 5.50. The molecular formula is C13H26N4. The van der Waals surface area contributed by atoms with Crippen LogP contribution in [0.2, 0.25) is 0 Å². The number of hydrogen-bond donors (Lipinski definition) is 2. The minimum Gasteiger partial charge on any atom is -0.356 e. The van der Waals surface area contributed by atoms with Gasteiger partial charge in [0.05, 0.1) is 0 Å². The number of rotatable bonds is 3. The molecule has 0 bridgehead atoms. The summed E-state index contributed by atoms with van der Waals surface area (Å²) in [5, 5.41) is 7.00. The van der Waals surface area contributed by atoms with Crippen molar-refractivity contribution in [3.8, 4) is 0 Å². The van der Waals surface area contributed by atoms with E-state index in [-0.39, 0.29) is 0 Å². The van der Waals surface area contributed by atoms with Gasteiger partial charge in [-0.3, -0.25) is 4.99 Å². The molecule has 4 nitrogen and oxygen atoms in total. The maximum atomic E-state index is 4.31. The van der Waals surface area contributed by atoms with E-state index >= 15 is 0 Å². The Hall–Kier alpha value is -0.770. The standard InChI is InChI=1S/C13H26N4/c1-14-13(16-12-5-3-4-6-12)15-9-11-7-8-17(2)10-11/h11-12H,3-10H2,1-2H3,(H2,14,15,16). The smallest absolute Gasteiger partial charge is 0.191 e. The molecule has 2 aliphatic rings. The highest BCUT2D eigenvalue weighted by Gasteiger charge is 2.20. The van der Waals surface area contributed by atoms with Crippen LogP contribution in [0.4, 0.5) is 0 Å². The summed E-state index contributed by atoms with van der Waals surface area (Å²) < 4.78 is 0. The summed E-state index contributed by atoms with van der Waals surface area (Å²) in [5.74, 6) is 1.77. The maximum Gasteiger partial charge on any atom is 0.191 e. The lowest BCUT2D eigenvalue weighted by atomic mass is 10.1. The molecule has 1 heterocycles. The molecule has 0 aromatic heterocycles. The number of aliphatic imine (C=N–C) groups is 1. The fourth-order valence-corrected chi connectivity index (χ4v) is 2.89. The largest absolute Gasteiger partial charge is 0.356 e. The van der Waals surface area contributed by atoms with Crippen molar-refractivity contribution in [2.75, 3.05) is 33.7 Å². The predicted octanol–water partition coefficient (Wildman–Crippen LogP) is 1.05. The van der Waals surface area contributed by atoms with Gasteiger partial charge in [0.2, 0.25) is 0 Å². The highest BCUT2D eigenvalue weighted by atomic mass is 15.2. The van der Waals surface area contributed by atoms with Crippen molar-refractivity contribution >= 4 is 5.96 Å². The molecule has 17 heavy (non-hydrogen) atoms. The van der Waals surface area contributed by atoms with Gasteiger partial charge in [-0.15, -0.1) is 0 Å². The van der Waals surface area contributed by atoms with Gasteiger partial charge in [-0.1, -0.05) is 12.8 Å². The molecule has 1 atom stereocenters. The van der Waals surface area contributed by atoms with Crippen LogP contribution in [0.25, 0.3) is 0 Å². The molecule has 2 fully saturated rings. The van der Waals surface area contributed by atoms with Gasteiger partial charge in [-0.05, 0) is 38.8 Å². The highest BCUT2D eigenvalue weighted by molar-refractivity contribution is 5.79. The first-order valence-corrected chi connectivity index (χ1v) is 6.93. The van der Waals surface area contributed by atoms with Gasteiger partial charge in [0, 0.05) is 26.2 Å². The summed E-state index contributed by atoms with van der Waals surface area (Å²) in [6.07, 6.45) is 6.63. The molecule has 98 valence electrons. The quantitative estimate of drug-likeness (QED) is 0.570. The third kappa shape index (κ3) is 3.87. The summed E-state index contributed by atoms with van der Waals surface area (Å²) in [4.78, 5) is 6.71. The van der Waals surface area contributed by atoms with Crippen LogP contribution in [0.1, 0.15) is 32.1 Å². The van der Waals surface area contributed by atoms with Crippen molar-refractivity contribution in [3.63, 3.8) is 0 Å². The van der Waals surface area contributed by atoms with Gasteiger partial charge < -0.3 is 15.5 Å². The first-order chi connectivity index (χ1) is 8.28. The third-order valence-corrected chi connectivity index (χ3v) is 3.97. The average molecular weight is 238 g/mol. The summed E-state index contributed by atoms with van der Waals surface area (Å²) in [6, 6.07) is 0.646. The highest BCUT2D eigenvalue weighted by Crippen LogP contribution is 2.17. The normalized spacial score (nSPS) is 27.6. The van der Waals surface area contributed by atoms with Crippen LogP contribution < -0.4 is 10.6 Å². The Morgan fingerprint density at radius 3 is 2.65 bits per heavy atom. The van der Waals surface area contributed by atoms with Crippen LogP contribution in [0.15, 0.2) is 4.99 Å². The van der Waals surface area contributed by atoms with E-state index in [1.165, 1.54) is 45.2 Å². The van der Waals surface area contributed by atoms with Crippen molar-refractivity contribution in [1.82, 2.24) is 15.5 Å². The number of guanidine groups is 1. The summed E-state index contributed by atoms with van der Waals surface area (Å²) in [6.45, 7) is 3.51. The first kappa shape index (κ1) is 12.7. The minimum atomic E-state index is 0.646. The zero-order chi connectivity index (χ0) is 12.1. The number of hydrogen-bond acceptors (Lipinski definition) is 2. The van der Waals surface area contributed by atoms with Crippen molar-refractivity contribution in [3.05, 3.63) is 0 Å². The lowest BCUT2D eigenvalue weighted by Gasteiger charge is -2.18. The van der Waals surface area contributed by atoms with Crippen molar-refractivity contribution in [1.29, 1.82) is 0 Å². The zero-order valence-electron chi connectivity index (χ0n) is 11.2. The molecule has 4 heteroatoms. The fourth-order valence-electron chi connectivity index (χ4n) is 2.89. The van der Waals surface area contributed by atoms with Crippen LogP contribution in [0, 0.1) is 5.92 Å². The Balaban J connectivity index is 1.68. The van der Waals surface area contributed by atoms with Gasteiger partial charge >= 0.3 is 0 Å². The molecule has 1 unspecified atom stereocenters. The molecule has 1 saturated heterocycles. The van der Waals surface area contributed by atoms with Gasteiger partial charge in [-0.2, -0.15) is 0 Å². The molecule has 0 aromatic rings. The summed E-state index contributed by atoms with van der Waals surface area (Å²) in [5.41, 5.74) is 0. The SMILES string of the molecule is CN=C(NCC1CCN(C)C1)NC1CCCC1. The second kappa shape index (κ2) is 6.24. The Labute approximate surface area is 105 Å². The lowest BCUT2D eigenvalue weighted by molar-refractivity contribution is 0.393. The average Bonchev–Trinajstić information content (AvgIpc) is 2.96. The Kier molecular flexibility index (Phi) is 4.66. The maximum absolute atomic E-state index is 4.31. The van der Waals surface area contributed by atoms with Crippen molar-refractivity contribution < 1.29 is 0 Å². The summed E-state index contributed by atoms with van der Waals surface area (Å²) in [7, 11) is 4.07. The van der Waals surface area contributed by atoms with Crippen LogP contribution >= 0.6 is 0 Å². The predicted molar refractivity (Wildman–Crippen MR) is 72.4 cm³/mol. The Morgan fingerprint density at radius 1 is 1.29 bits per heavy atom. The van der Waals surface area contributed by atoms with Crippen LogP contribution in [-0.2, 0) is 0 Å². The third-order valence-electron chi connectivity index (χ3n) is 3.97. The van der Waals surface area contributed by atoms with Crippen LogP contribution in [-0.4, -0.2) is 50.6 Å². The number of nitrogens with one attached hydrogen (secondary N) is 2. The van der Waals surface area contributed by atoms with E-state index in [1.807, 2.05) is 7.05 Å². The Morgan fingerprint density at radius 2 is 2.06 bits per heavy atom. The number of likely N-dealkylation sites (tertiary alicyclic amines) is 1. The van der Waals surface area contributed by atoms with Crippen LogP contribution in [0.5, 0.6) is 0 Å². The zero-order valence-corrected chi connectivity index (χ0v) is 11.2. The van der Waals surface area contributed by atoms with E-state index < -0.39 is 0 Å².